The van der Waals surface area contributed by atoms with E-state index in [4.69, 9.17) is 0 Å². The number of benzene rings is 1. The third kappa shape index (κ3) is 0.998. The van der Waals surface area contributed by atoms with Crippen molar-refractivity contribution in [2.75, 3.05) is 0 Å². The zero-order valence-electron chi connectivity index (χ0n) is 6.71. The highest BCUT2D eigenvalue weighted by atomic mass is 16.3. The molecule has 0 bridgehead atoms. The molecule has 0 atom stereocenters. The lowest BCUT2D eigenvalue weighted by Crippen LogP contribution is -1.87. The quantitative estimate of drug-likeness (QED) is 0.638. The van der Waals surface area contributed by atoms with Crippen molar-refractivity contribution in [2.45, 2.75) is 19.3 Å². The van der Waals surface area contributed by atoms with Crippen LogP contribution in [0.25, 0.3) is 0 Å². The monoisotopic (exact) mass is 162 g/mol. The summed E-state index contributed by atoms with van der Waals surface area (Å²) in [4.78, 5) is 10.5. The summed E-state index contributed by atoms with van der Waals surface area (Å²) in [7, 11) is 0. The van der Waals surface area contributed by atoms with Crippen molar-refractivity contribution in [3.8, 4) is 5.75 Å². The summed E-state index contributed by atoms with van der Waals surface area (Å²) in [5, 5.41) is 9.34. The van der Waals surface area contributed by atoms with Crippen molar-refractivity contribution < 1.29 is 9.90 Å². The highest BCUT2D eigenvalue weighted by Gasteiger charge is 2.13. The lowest BCUT2D eigenvalue weighted by molar-refractivity contribution is 0.112. The topological polar surface area (TPSA) is 37.3 Å². The van der Waals surface area contributed by atoms with Crippen LogP contribution in [0.2, 0.25) is 0 Å². The maximum absolute atomic E-state index is 10.5. The molecule has 1 aromatic rings. The standard InChI is InChI=1S/C10H10O2/c11-6-9-4-7-2-1-3-8(7)5-10(9)12/h4-6,12H,1-3H2. The highest BCUT2D eigenvalue weighted by molar-refractivity contribution is 5.80. The number of carbonyl (C=O) groups is 1. The highest BCUT2D eigenvalue weighted by Crippen LogP contribution is 2.27. The molecule has 0 heterocycles. The van der Waals surface area contributed by atoms with Gasteiger partial charge in [-0.2, -0.15) is 0 Å². The predicted octanol–water partition coefficient (Wildman–Crippen LogP) is 1.69. The molecule has 0 saturated carbocycles. The number of hydrogen-bond donors (Lipinski definition) is 1. The van der Waals surface area contributed by atoms with Crippen LogP contribution in [0.3, 0.4) is 0 Å². The number of hydrogen-bond acceptors (Lipinski definition) is 2. The molecule has 2 heteroatoms. The average Bonchev–Trinajstić information content (AvgIpc) is 2.49. The van der Waals surface area contributed by atoms with E-state index in [1.807, 2.05) is 0 Å². The molecule has 0 amide bonds. The van der Waals surface area contributed by atoms with Gasteiger partial charge in [-0.05, 0) is 42.5 Å². The van der Waals surface area contributed by atoms with Gasteiger partial charge in [0.25, 0.3) is 0 Å². The second kappa shape index (κ2) is 2.63. The van der Waals surface area contributed by atoms with E-state index >= 15 is 0 Å². The Kier molecular flexibility index (Phi) is 1.61. The van der Waals surface area contributed by atoms with Gasteiger partial charge >= 0.3 is 0 Å². The van der Waals surface area contributed by atoms with Crippen molar-refractivity contribution in [2.24, 2.45) is 0 Å². The van der Waals surface area contributed by atoms with Gasteiger partial charge in [0.2, 0.25) is 0 Å². The Bertz CT molecular complexity index is 329. The molecule has 0 radical (unpaired) electrons. The lowest BCUT2D eigenvalue weighted by atomic mass is 10.1. The molecule has 12 heavy (non-hydrogen) atoms. The molecule has 2 nitrogen and oxygen atoms in total. The van der Waals surface area contributed by atoms with E-state index in [9.17, 15) is 9.90 Å². The van der Waals surface area contributed by atoms with Crippen LogP contribution in [0, 0.1) is 0 Å². The van der Waals surface area contributed by atoms with Crippen LogP contribution in [0.15, 0.2) is 12.1 Å². The van der Waals surface area contributed by atoms with Gasteiger partial charge in [0.1, 0.15) is 5.75 Å². The summed E-state index contributed by atoms with van der Waals surface area (Å²) in [6.07, 6.45) is 3.91. The van der Waals surface area contributed by atoms with Gasteiger partial charge in [0, 0.05) is 0 Å². The molecule has 1 N–H and O–H groups in total. The van der Waals surface area contributed by atoms with Crippen molar-refractivity contribution in [3.63, 3.8) is 0 Å². The number of carbonyl (C=O) groups excluding carboxylic acids is 1. The van der Waals surface area contributed by atoms with Crippen LogP contribution in [-0.4, -0.2) is 11.4 Å². The Morgan fingerprint density at radius 3 is 2.58 bits per heavy atom. The number of aldehydes is 1. The Balaban J connectivity index is 2.56. The summed E-state index contributed by atoms with van der Waals surface area (Å²) >= 11 is 0. The van der Waals surface area contributed by atoms with E-state index in [1.165, 1.54) is 11.1 Å². The van der Waals surface area contributed by atoms with Crippen LogP contribution in [0.5, 0.6) is 5.75 Å². The summed E-state index contributed by atoms with van der Waals surface area (Å²) in [6, 6.07) is 3.51. The molecule has 1 aromatic carbocycles. The maximum atomic E-state index is 10.5. The molecule has 0 spiro atoms. The van der Waals surface area contributed by atoms with E-state index in [1.54, 1.807) is 12.1 Å². The molecular weight excluding hydrogens is 152 g/mol. The Morgan fingerprint density at radius 2 is 1.92 bits per heavy atom. The number of rotatable bonds is 1. The first-order chi connectivity index (χ1) is 5.81. The summed E-state index contributed by atoms with van der Waals surface area (Å²) in [5.41, 5.74) is 2.82. The summed E-state index contributed by atoms with van der Waals surface area (Å²) in [5.74, 6) is 0.116. The third-order valence-electron chi connectivity index (χ3n) is 2.37. The Hall–Kier alpha value is -1.31. The molecule has 62 valence electrons. The van der Waals surface area contributed by atoms with Crippen LogP contribution in [-0.2, 0) is 12.8 Å². The minimum Gasteiger partial charge on any atom is -0.507 e. The molecule has 1 aliphatic rings. The fraction of sp³-hybridized carbons (Fsp3) is 0.300. The molecule has 2 rings (SSSR count). The molecule has 0 fully saturated rings. The van der Waals surface area contributed by atoms with Gasteiger partial charge in [-0.1, -0.05) is 0 Å². The number of aromatic hydroxyl groups is 1. The normalized spacial score (nSPS) is 14.3. The van der Waals surface area contributed by atoms with Crippen LogP contribution in [0.4, 0.5) is 0 Å². The van der Waals surface area contributed by atoms with Gasteiger partial charge in [-0.15, -0.1) is 0 Å². The first-order valence-corrected chi connectivity index (χ1v) is 4.11. The third-order valence-corrected chi connectivity index (χ3v) is 2.37. The molecule has 1 aliphatic carbocycles. The minimum absolute atomic E-state index is 0.116. The molecule has 0 aliphatic heterocycles. The summed E-state index contributed by atoms with van der Waals surface area (Å²) in [6.45, 7) is 0. The molecular formula is C10H10O2. The molecule has 0 aromatic heterocycles. The fourth-order valence-corrected chi connectivity index (χ4v) is 1.72. The maximum Gasteiger partial charge on any atom is 0.153 e. The van der Waals surface area contributed by atoms with Crippen LogP contribution in [0.1, 0.15) is 27.9 Å². The number of fused-ring (bicyclic) bond motifs is 1. The van der Waals surface area contributed by atoms with E-state index in [-0.39, 0.29) is 5.75 Å². The van der Waals surface area contributed by atoms with Crippen LogP contribution < -0.4 is 0 Å². The van der Waals surface area contributed by atoms with Gasteiger partial charge in [-0.25, -0.2) is 0 Å². The first-order valence-electron chi connectivity index (χ1n) is 4.11. The molecule has 0 saturated heterocycles. The Labute approximate surface area is 70.8 Å². The van der Waals surface area contributed by atoms with E-state index in [2.05, 4.69) is 0 Å². The average molecular weight is 162 g/mol. The van der Waals surface area contributed by atoms with E-state index < -0.39 is 0 Å². The fourth-order valence-electron chi connectivity index (χ4n) is 1.72. The van der Waals surface area contributed by atoms with Gasteiger partial charge in [-0.3, -0.25) is 4.79 Å². The number of aryl methyl sites for hydroxylation is 2. The Morgan fingerprint density at radius 1 is 1.25 bits per heavy atom. The zero-order valence-corrected chi connectivity index (χ0v) is 6.71. The second-order valence-electron chi connectivity index (χ2n) is 3.15. The second-order valence-corrected chi connectivity index (χ2v) is 3.15. The van der Waals surface area contributed by atoms with E-state index in [0.717, 1.165) is 19.3 Å². The van der Waals surface area contributed by atoms with Crippen molar-refractivity contribution in [1.82, 2.24) is 0 Å². The van der Waals surface area contributed by atoms with Gasteiger partial charge in [0.15, 0.2) is 6.29 Å². The first kappa shape index (κ1) is 7.35. The van der Waals surface area contributed by atoms with E-state index in [0.29, 0.717) is 11.8 Å². The lowest BCUT2D eigenvalue weighted by Gasteiger charge is -2.01. The molecule has 0 unspecified atom stereocenters. The van der Waals surface area contributed by atoms with Crippen LogP contribution >= 0.6 is 0 Å². The van der Waals surface area contributed by atoms with Crippen molar-refractivity contribution in [1.29, 1.82) is 0 Å². The zero-order chi connectivity index (χ0) is 8.55. The SMILES string of the molecule is O=Cc1cc2c(cc1O)CCC2. The smallest absolute Gasteiger partial charge is 0.153 e. The van der Waals surface area contributed by atoms with Gasteiger partial charge < -0.3 is 5.11 Å². The summed E-state index contributed by atoms with van der Waals surface area (Å²) < 4.78 is 0. The van der Waals surface area contributed by atoms with Crippen molar-refractivity contribution >= 4 is 6.29 Å². The largest absolute Gasteiger partial charge is 0.507 e. The van der Waals surface area contributed by atoms with Crippen molar-refractivity contribution in [3.05, 3.63) is 28.8 Å². The minimum atomic E-state index is 0.116. The predicted molar refractivity (Wildman–Crippen MR) is 45.5 cm³/mol. The van der Waals surface area contributed by atoms with Gasteiger partial charge in [0.05, 0.1) is 5.56 Å². The number of phenolic OH excluding ortho intramolecular Hbond substituents is 1. The number of phenols is 1.